The molecule has 2 aromatic rings. The zero-order chi connectivity index (χ0) is 19.7. The Bertz CT molecular complexity index is 747. The van der Waals surface area contributed by atoms with Crippen LogP contribution < -0.4 is 20.1 Å². The summed E-state index contributed by atoms with van der Waals surface area (Å²) in [5.41, 5.74) is 0.932. The van der Waals surface area contributed by atoms with Gasteiger partial charge < -0.3 is 20.1 Å². The van der Waals surface area contributed by atoms with Crippen LogP contribution >= 0.6 is 0 Å². The number of nitrogens with zero attached hydrogens (tertiary/aromatic N) is 1. The molecule has 0 fully saturated rings. The number of alkyl halides is 3. The molecule has 0 spiro atoms. The van der Waals surface area contributed by atoms with Crippen molar-refractivity contribution in [3.05, 3.63) is 54.1 Å². The molecule has 27 heavy (non-hydrogen) atoms. The van der Waals surface area contributed by atoms with Crippen molar-refractivity contribution in [2.75, 3.05) is 20.7 Å². The van der Waals surface area contributed by atoms with Gasteiger partial charge >= 0.3 is 6.18 Å². The van der Waals surface area contributed by atoms with Crippen LogP contribution in [0.25, 0.3) is 0 Å². The van der Waals surface area contributed by atoms with E-state index in [-0.39, 0.29) is 6.54 Å². The van der Waals surface area contributed by atoms with Gasteiger partial charge in [-0.15, -0.1) is 0 Å². The van der Waals surface area contributed by atoms with Crippen molar-refractivity contribution in [3.8, 4) is 17.2 Å². The van der Waals surface area contributed by atoms with E-state index in [1.54, 1.807) is 7.11 Å². The van der Waals surface area contributed by atoms with Crippen LogP contribution in [0.1, 0.15) is 12.0 Å². The summed E-state index contributed by atoms with van der Waals surface area (Å²) in [6.45, 7) is 0.190. The second kappa shape index (κ2) is 9.70. The van der Waals surface area contributed by atoms with Gasteiger partial charge in [0.15, 0.2) is 17.5 Å². The highest BCUT2D eigenvalue weighted by Gasteiger charge is 2.26. The molecule has 0 amide bonds. The first-order valence-electron chi connectivity index (χ1n) is 8.32. The molecule has 5 nitrogen and oxygen atoms in total. The highest BCUT2D eigenvalue weighted by atomic mass is 19.4. The first-order chi connectivity index (χ1) is 12.9. The van der Waals surface area contributed by atoms with E-state index < -0.39 is 12.6 Å². The highest BCUT2D eigenvalue weighted by Crippen LogP contribution is 2.30. The molecule has 146 valence electrons. The van der Waals surface area contributed by atoms with Crippen molar-refractivity contribution in [2.24, 2.45) is 4.99 Å². The molecule has 0 unspecified atom stereocenters. The number of hydrogen-bond acceptors (Lipinski definition) is 3. The maximum absolute atomic E-state index is 12.2. The summed E-state index contributed by atoms with van der Waals surface area (Å²) < 4.78 is 47.6. The van der Waals surface area contributed by atoms with E-state index in [2.05, 4.69) is 15.6 Å². The third-order valence-electron chi connectivity index (χ3n) is 3.60. The molecule has 0 radical (unpaired) electrons. The molecular weight excluding hydrogens is 359 g/mol. The lowest BCUT2D eigenvalue weighted by Crippen LogP contribution is -2.38. The third kappa shape index (κ3) is 7.08. The molecule has 0 aliphatic heterocycles. The number of halogens is 3. The minimum absolute atomic E-state index is 0.227. The van der Waals surface area contributed by atoms with Gasteiger partial charge in [0.05, 0.1) is 13.5 Å². The Morgan fingerprint density at radius 3 is 2.26 bits per heavy atom. The Labute approximate surface area is 156 Å². The average Bonchev–Trinajstić information content (AvgIpc) is 2.65. The second-order valence-corrected chi connectivity index (χ2v) is 5.61. The molecule has 0 aliphatic carbocycles. The van der Waals surface area contributed by atoms with Gasteiger partial charge in [-0.05, 0) is 29.8 Å². The lowest BCUT2D eigenvalue weighted by molar-refractivity contribution is -0.132. The van der Waals surface area contributed by atoms with E-state index in [0.717, 1.165) is 5.56 Å². The zero-order valence-electron chi connectivity index (χ0n) is 15.1. The van der Waals surface area contributed by atoms with E-state index >= 15 is 0 Å². The van der Waals surface area contributed by atoms with Crippen LogP contribution in [-0.4, -0.2) is 32.8 Å². The maximum Gasteiger partial charge on any atom is 0.390 e. The molecular formula is C19H22F3N3O2. The van der Waals surface area contributed by atoms with Gasteiger partial charge in [0.1, 0.15) is 5.75 Å². The van der Waals surface area contributed by atoms with Crippen LogP contribution in [0.5, 0.6) is 17.2 Å². The van der Waals surface area contributed by atoms with Gasteiger partial charge in [-0.3, -0.25) is 4.99 Å². The quantitative estimate of drug-likeness (QED) is 0.560. The van der Waals surface area contributed by atoms with Crippen molar-refractivity contribution >= 4 is 5.96 Å². The van der Waals surface area contributed by atoms with Gasteiger partial charge in [-0.1, -0.05) is 24.3 Å². The van der Waals surface area contributed by atoms with Gasteiger partial charge in [-0.2, -0.15) is 13.2 Å². The standard InChI is InChI=1S/C19H22F3N3O2/c1-23-18(24-12-11-19(20,21)22)25-13-14-7-9-15(10-8-14)27-17-6-4-3-5-16(17)26-2/h3-10H,11-13H2,1-2H3,(H2,23,24,25). The molecule has 0 heterocycles. The van der Waals surface area contributed by atoms with Crippen LogP contribution in [0.15, 0.2) is 53.5 Å². The first kappa shape index (κ1) is 20.4. The maximum atomic E-state index is 12.2. The normalized spacial score (nSPS) is 11.8. The molecule has 2 rings (SSSR count). The van der Waals surface area contributed by atoms with Crippen molar-refractivity contribution in [1.82, 2.24) is 10.6 Å². The largest absolute Gasteiger partial charge is 0.493 e. The summed E-state index contributed by atoms with van der Waals surface area (Å²) in [4.78, 5) is 3.90. The number of ether oxygens (including phenoxy) is 2. The van der Waals surface area contributed by atoms with Crippen LogP contribution in [0, 0.1) is 0 Å². The fraction of sp³-hybridized carbons (Fsp3) is 0.316. The number of hydrogen-bond donors (Lipinski definition) is 2. The van der Waals surface area contributed by atoms with Gasteiger partial charge in [0.2, 0.25) is 0 Å². The molecule has 0 saturated carbocycles. The summed E-state index contributed by atoms with van der Waals surface area (Å²) in [6, 6.07) is 14.7. The average molecular weight is 381 g/mol. The molecule has 0 aliphatic rings. The summed E-state index contributed by atoms with van der Waals surface area (Å²) in [7, 11) is 3.08. The lowest BCUT2D eigenvalue weighted by Gasteiger charge is -2.13. The highest BCUT2D eigenvalue weighted by molar-refractivity contribution is 5.79. The fourth-order valence-electron chi connectivity index (χ4n) is 2.23. The van der Waals surface area contributed by atoms with Crippen LogP contribution in [0.2, 0.25) is 0 Å². The first-order valence-corrected chi connectivity index (χ1v) is 8.32. The molecule has 8 heteroatoms. The Morgan fingerprint density at radius 1 is 1.00 bits per heavy atom. The molecule has 0 aromatic heterocycles. The van der Waals surface area contributed by atoms with Crippen molar-refractivity contribution in [1.29, 1.82) is 0 Å². The fourth-order valence-corrected chi connectivity index (χ4v) is 2.23. The topological polar surface area (TPSA) is 54.9 Å². The third-order valence-corrected chi connectivity index (χ3v) is 3.60. The summed E-state index contributed by atoms with van der Waals surface area (Å²) in [5, 5.41) is 5.60. The molecule has 2 aromatic carbocycles. The lowest BCUT2D eigenvalue weighted by atomic mass is 10.2. The van der Waals surface area contributed by atoms with Gasteiger partial charge in [0.25, 0.3) is 0 Å². The monoisotopic (exact) mass is 381 g/mol. The number of methoxy groups -OCH3 is 1. The van der Waals surface area contributed by atoms with Crippen LogP contribution in [0.4, 0.5) is 13.2 Å². The van der Waals surface area contributed by atoms with Crippen molar-refractivity contribution < 1.29 is 22.6 Å². The van der Waals surface area contributed by atoms with E-state index in [9.17, 15) is 13.2 Å². The smallest absolute Gasteiger partial charge is 0.390 e. The summed E-state index contributed by atoms with van der Waals surface area (Å²) in [6.07, 6.45) is -5.11. The Balaban J connectivity index is 1.86. The van der Waals surface area contributed by atoms with Crippen LogP contribution in [0.3, 0.4) is 0 Å². The zero-order valence-corrected chi connectivity index (χ0v) is 15.1. The number of nitrogens with one attached hydrogen (secondary N) is 2. The molecule has 2 N–H and O–H groups in total. The number of guanidine groups is 1. The van der Waals surface area contributed by atoms with E-state index in [4.69, 9.17) is 9.47 Å². The number of rotatable bonds is 7. The Kier molecular flexibility index (Phi) is 7.34. The number of aliphatic imine (C=N–C) groups is 1. The van der Waals surface area contributed by atoms with E-state index in [1.165, 1.54) is 7.05 Å². The van der Waals surface area contributed by atoms with Crippen molar-refractivity contribution in [2.45, 2.75) is 19.1 Å². The predicted octanol–water partition coefficient (Wildman–Crippen LogP) is 4.10. The van der Waals surface area contributed by atoms with Crippen LogP contribution in [-0.2, 0) is 6.54 Å². The number of para-hydroxylation sites is 2. The van der Waals surface area contributed by atoms with Gasteiger partial charge in [0, 0.05) is 20.1 Å². The Hall–Kier alpha value is -2.90. The second-order valence-electron chi connectivity index (χ2n) is 5.61. The predicted molar refractivity (Wildman–Crippen MR) is 98.4 cm³/mol. The minimum Gasteiger partial charge on any atom is -0.493 e. The SMILES string of the molecule is CN=C(NCCC(F)(F)F)NCc1ccc(Oc2ccccc2OC)cc1. The van der Waals surface area contributed by atoms with E-state index in [0.29, 0.717) is 29.8 Å². The van der Waals surface area contributed by atoms with Gasteiger partial charge in [-0.25, -0.2) is 0 Å². The number of benzene rings is 2. The van der Waals surface area contributed by atoms with Crippen molar-refractivity contribution in [3.63, 3.8) is 0 Å². The Morgan fingerprint density at radius 2 is 1.67 bits per heavy atom. The summed E-state index contributed by atoms with van der Waals surface area (Å²) >= 11 is 0. The molecule has 0 saturated heterocycles. The minimum atomic E-state index is -4.19. The van der Waals surface area contributed by atoms with E-state index in [1.807, 2.05) is 48.5 Å². The molecule has 0 bridgehead atoms. The molecule has 0 atom stereocenters. The summed E-state index contributed by atoms with van der Waals surface area (Å²) in [5.74, 6) is 2.21.